The Bertz CT molecular complexity index is 1050. The van der Waals surface area contributed by atoms with Crippen molar-refractivity contribution < 1.29 is 8.60 Å². The van der Waals surface area contributed by atoms with Crippen molar-refractivity contribution in [2.24, 2.45) is 0 Å². The molecule has 1 saturated heterocycles. The quantitative estimate of drug-likeness (QED) is 0.432. The normalized spacial score (nSPS) is 17.7. The molecule has 2 nitrogen and oxygen atoms in total. The molecule has 0 aromatic heterocycles. The van der Waals surface area contributed by atoms with Gasteiger partial charge >= 0.3 is 0 Å². The van der Waals surface area contributed by atoms with Gasteiger partial charge in [-0.2, -0.15) is 0 Å². The van der Waals surface area contributed by atoms with Gasteiger partial charge in [0.25, 0.3) is 0 Å². The van der Waals surface area contributed by atoms with Crippen LogP contribution in [0.15, 0.2) is 71.6 Å². The molecule has 30 heavy (non-hydrogen) atoms. The third-order valence-corrected chi connectivity index (χ3v) is 7.30. The van der Waals surface area contributed by atoms with Crippen LogP contribution in [-0.4, -0.2) is 10.8 Å². The maximum Gasteiger partial charge on any atom is 0.129 e. The average Bonchev–Trinajstić information content (AvgIpc) is 2.75. The second-order valence-corrected chi connectivity index (χ2v) is 9.69. The van der Waals surface area contributed by atoms with Crippen molar-refractivity contribution in [2.75, 3.05) is 11.4 Å². The van der Waals surface area contributed by atoms with Gasteiger partial charge in [-0.25, -0.2) is 4.39 Å². The van der Waals surface area contributed by atoms with Crippen molar-refractivity contribution in [3.05, 3.63) is 94.3 Å². The van der Waals surface area contributed by atoms with Crippen LogP contribution in [-0.2, 0) is 16.6 Å². The van der Waals surface area contributed by atoms with Crippen molar-refractivity contribution in [3.8, 4) is 0 Å². The summed E-state index contributed by atoms with van der Waals surface area (Å²) >= 11 is 5.97. The second kappa shape index (κ2) is 9.32. The molecule has 0 saturated carbocycles. The fourth-order valence-electron chi connectivity index (χ4n) is 4.14. The summed E-state index contributed by atoms with van der Waals surface area (Å²) in [6.45, 7) is 2.87. The van der Waals surface area contributed by atoms with Gasteiger partial charge in [0.2, 0.25) is 0 Å². The van der Waals surface area contributed by atoms with Crippen LogP contribution < -0.4 is 4.90 Å². The maximum atomic E-state index is 14.7. The Hall–Kier alpha value is -2.17. The predicted molar refractivity (Wildman–Crippen MR) is 123 cm³/mol. The van der Waals surface area contributed by atoms with Gasteiger partial charge in [-0.3, -0.25) is 4.21 Å². The van der Waals surface area contributed by atoms with Gasteiger partial charge in [0, 0.05) is 27.7 Å². The number of para-hydroxylation sites is 1. The number of benzene rings is 3. The summed E-state index contributed by atoms with van der Waals surface area (Å²) in [5.74, 6) is 0.172. The lowest BCUT2D eigenvalue weighted by molar-refractivity contribution is 0.455. The number of anilines is 1. The molecular weight excluding hydrogens is 417 g/mol. The zero-order valence-electron chi connectivity index (χ0n) is 17.0. The van der Waals surface area contributed by atoms with Crippen molar-refractivity contribution in [1.29, 1.82) is 0 Å². The summed E-state index contributed by atoms with van der Waals surface area (Å²) in [5.41, 5.74) is 3.89. The smallest absolute Gasteiger partial charge is 0.129 e. The molecule has 5 heteroatoms. The standard InChI is InChI=1S/C25H25ClFNOS/c1-18-9-12-21(13-10-18)30(29)17-19-6-2-3-7-24(19)28-15-5-4-8-25(28)22-14-11-20(26)16-23(22)27/h2-3,6-7,9-14,16,25H,4-5,8,15,17H2,1H3. The first-order valence-electron chi connectivity index (χ1n) is 10.3. The Kier molecular flexibility index (Phi) is 6.55. The summed E-state index contributed by atoms with van der Waals surface area (Å²) in [5, 5.41) is 0.410. The number of aryl methyl sites for hydroxylation is 1. The zero-order chi connectivity index (χ0) is 21.1. The Morgan fingerprint density at radius 3 is 2.60 bits per heavy atom. The van der Waals surface area contributed by atoms with Crippen LogP contribution in [0.25, 0.3) is 0 Å². The first kappa shape index (κ1) is 21.1. The molecule has 1 fully saturated rings. The molecule has 4 rings (SSSR count). The number of piperidine rings is 1. The van der Waals surface area contributed by atoms with E-state index in [9.17, 15) is 8.60 Å². The lowest BCUT2D eigenvalue weighted by Gasteiger charge is -2.39. The molecule has 3 aromatic carbocycles. The first-order chi connectivity index (χ1) is 14.5. The Morgan fingerprint density at radius 1 is 1.07 bits per heavy atom. The fraction of sp³-hybridized carbons (Fsp3) is 0.280. The van der Waals surface area contributed by atoms with Gasteiger partial charge < -0.3 is 4.90 Å². The van der Waals surface area contributed by atoms with Crippen LogP contribution in [0.2, 0.25) is 5.02 Å². The van der Waals surface area contributed by atoms with Gasteiger partial charge in [-0.15, -0.1) is 0 Å². The number of hydrogen-bond acceptors (Lipinski definition) is 2. The SMILES string of the molecule is Cc1ccc(S(=O)Cc2ccccc2N2CCCCC2c2ccc(Cl)cc2F)cc1. The van der Waals surface area contributed by atoms with E-state index in [0.29, 0.717) is 16.3 Å². The molecule has 0 radical (unpaired) electrons. The number of rotatable bonds is 5. The van der Waals surface area contributed by atoms with Crippen LogP contribution in [0, 0.1) is 12.7 Å². The van der Waals surface area contributed by atoms with Crippen LogP contribution in [0.1, 0.15) is 42.0 Å². The van der Waals surface area contributed by atoms with E-state index < -0.39 is 10.8 Å². The van der Waals surface area contributed by atoms with Gasteiger partial charge in [-0.05, 0) is 62.1 Å². The minimum atomic E-state index is -1.14. The Balaban J connectivity index is 1.65. The summed E-state index contributed by atoms with van der Waals surface area (Å²) in [4.78, 5) is 3.10. The molecule has 2 atom stereocenters. The van der Waals surface area contributed by atoms with E-state index in [-0.39, 0.29) is 11.9 Å². The molecule has 0 amide bonds. The van der Waals surface area contributed by atoms with E-state index >= 15 is 0 Å². The topological polar surface area (TPSA) is 20.3 Å². The summed E-state index contributed by atoms with van der Waals surface area (Å²) in [6.07, 6.45) is 3.00. The second-order valence-electron chi connectivity index (χ2n) is 7.80. The monoisotopic (exact) mass is 441 g/mol. The molecule has 0 spiro atoms. The molecule has 0 bridgehead atoms. The molecular formula is C25H25ClFNOS. The molecule has 3 aromatic rings. The van der Waals surface area contributed by atoms with Crippen LogP contribution in [0.5, 0.6) is 0 Å². The number of nitrogens with zero attached hydrogens (tertiary/aromatic N) is 1. The zero-order valence-corrected chi connectivity index (χ0v) is 18.6. The summed E-state index contributed by atoms with van der Waals surface area (Å²) < 4.78 is 27.8. The van der Waals surface area contributed by atoms with Gasteiger partial charge in [0.05, 0.1) is 22.6 Å². The Morgan fingerprint density at radius 2 is 1.83 bits per heavy atom. The molecule has 0 aliphatic carbocycles. The third-order valence-electron chi connectivity index (χ3n) is 5.70. The highest BCUT2D eigenvalue weighted by molar-refractivity contribution is 7.84. The van der Waals surface area contributed by atoms with Crippen LogP contribution in [0.3, 0.4) is 0 Å². The summed E-state index contributed by atoms with van der Waals surface area (Å²) in [7, 11) is -1.14. The average molecular weight is 442 g/mol. The van der Waals surface area contributed by atoms with E-state index in [4.69, 9.17) is 11.6 Å². The maximum absolute atomic E-state index is 14.7. The van der Waals surface area contributed by atoms with Crippen molar-refractivity contribution in [1.82, 2.24) is 0 Å². The highest BCUT2D eigenvalue weighted by atomic mass is 35.5. The van der Waals surface area contributed by atoms with Crippen LogP contribution in [0.4, 0.5) is 10.1 Å². The van der Waals surface area contributed by atoms with Crippen molar-refractivity contribution >= 4 is 28.1 Å². The van der Waals surface area contributed by atoms with E-state index in [2.05, 4.69) is 11.0 Å². The lowest BCUT2D eigenvalue weighted by atomic mass is 9.93. The first-order valence-corrected chi connectivity index (χ1v) is 12.0. The van der Waals surface area contributed by atoms with Gasteiger partial charge in [0.1, 0.15) is 5.82 Å². The van der Waals surface area contributed by atoms with Crippen molar-refractivity contribution in [2.45, 2.75) is 42.9 Å². The van der Waals surface area contributed by atoms with Gasteiger partial charge in [-0.1, -0.05) is 53.6 Å². The highest BCUT2D eigenvalue weighted by Gasteiger charge is 2.28. The minimum Gasteiger partial charge on any atom is -0.364 e. The molecule has 156 valence electrons. The van der Waals surface area contributed by atoms with E-state index in [1.54, 1.807) is 12.1 Å². The predicted octanol–water partition coefficient (Wildman–Crippen LogP) is 6.83. The fourth-order valence-corrected chi connectivity index (χ4v) is 5.43. The molecule has 0 N–H and O–H groups in total. The number of halogens is 2. The van der Waals surface area contributed by atoms with E-state index in [1.165, 1.54) is 6.07 Å². The minimum absolute atomic E-state index is 0.0509. The Labute approximate surface area is 185 Å². The molecule has 1 heterocycles. The van der Waals surface area contributed by atoms with Crippen LogP contribution >= 0.6 is 11.6 Å². The van der Waals surface area contributed by atoms with E-state index in [1.807, 2.05) is 49.4 Å². The summed E-state index contributed by atoms with van der Waals surface area (Å²) in [6, 6.07) is 20.8. The third kappa shape index (κ3) is 4.60. The largest absolute Gasteiger partial charge is 0.364 e. The molecule has 1 aliphatic heterocycles. The molecule has 1 aliphatic rings. The van der Waals surface area contributed by atoms with Gasteiger partial charge in [0.15, 0.2) is 0 Å². The van der Waals surface area contributed by atoms with Crippen molar-refractivity contribution in [3.63, 3.8) is 0 Å². The van der Waals surface area contributed by atoms with E-state index in [0.717, 1.165) is 47.5 Å². The highest BCUT2D eigenvalue weighted by Crippen LogP contribution is 2.38. The molecule has 2 unspecified atom stereocenters. The number of hydrogen-bond donors (Lipinski definition) is 0. The lowest BCUT2D eigenvalue weighted by Crippen LogP contribution is -2.34.